The van der Waals surface area contributed by atoms with E-state index in [1.807, 2.05) is 0 Å². The Kier molecular flexibility index (Phi) is 5.91. The van der Waals surface area contributed by atoms with Gasteiger partial charge in [-0.3, -0.25) is 9.89 Å². The van der Waals surface area contributed by atoms with Crippen molar-refractivity contribution in [3.05, 3.63) is 70.8 Å². The third kappa shape index (κ3) is 4.04. The molecule has 0 bridgehead atoms. The van der Waals surface area contributed by atoms with Gasteiger partial charge in [0.05, 0.1) is 30.7 Å². The van der Waals surface area contributed by atoms with Crippen LogP contribution in [0.5, 0.6) is 5.88 Å². The molecule has 0 aliphatic carbocycles. The van der Waals surface area contributed by atoms with Gasteiger partial charge in [0.15, 0.2) is 15.7 Å². The largest absolute Gasteiger partial charge is 0.480 e. The maximum Gasteiger partial charge on any atom is 0.267 e. The number of nitrogens with two attached hydrogens (primary N) is 1. The van der Waals surface area contributed by atoms with E-state index >= 15 is 8.78 Å². The summed E-state index contributed by atoms with van der Waals surface area (Å²) in [6.45, 7) is 0. The highest BCUT2D eigenvalue weighted by Crippen LogP contribution is 2.35. The van der Waals surface area contributed by atoms with Gasteiger partial charge >= 0.3 is 0 Å². The second-order valence-electron chi connectivity index (χ2n) is 7.28. The van der Waals surface area contributed by atoms with Gasteiger partial charge in [-0.15, -0.1) is 0 Å². The van der Waals surface area contributed by atoms with E-state index in [-0.39, 0.29) is 28.0 Å². The Hall–Kier alpha value is -4.44. The predicted molar refractivity (Wildman–Crippen MR) is 116 cm³/mol. The normalized spacial score (nSPS) is 11.4. The highest BCUT2D eigenvalue weighted by molar-refractivity contribution is 7.90. The molecular formula is C22H14F3N5O4S. The molecule has 0 fully saturated rings. The summed E-state index contributed by atoms with van der Waals surface area (Å²) in [7, 11) is -3.25. The van der Waals surface area contributed by atoms with Gasteiger partial charge < -0.3 is 10.5 Å². The number of carbonyl (C=O) groups is 1. The van der Waals surface area contributed by atoms with Crippen molar-refractivity contribution in [2.24, 2.45) is 5.73 Å². The molecule has 35 heavy (non-hydrogen) atoms. The molecule has 9 nitrogen and oxygen atoms in total. The molecule has 0 saturated carbocycles. The molecule has 0 radical (unpaired) electrons. The van der Waals surface area contributed by atoms with Crippen molar-refractivity contribution in [1.82, 2.24) is 15.2 Å². The summed E-state index contributed by atoms with van der Waals surface area (Å²) in [6, 6.07) is 7.01. The van der Waals surface area contributed by atoms with Crippen LogP contribution in [0.25, 0.3) is 22.0 Å². The fourth-order valence-corrected chi connectivity index (χ4v) is 5.06. The number of hydrogen-bond acceptors (Lipinski definition) is 7. The molecule has 2 aromatic carbocycles. The minimum atomic E-state index is -4.38. The monoisotopic (exact) mass is 501 g/mol. The van der Waals surface area contributed by atoms with E-state index < -0.39 is 60.5 Å². The third-order valence-electron chi connectivity index (χ3n) is 5.18. The van der Waals surface area contributed by atoms with Crippen molar-refractivity contribution in [3.8, 4) is 23.1 Å². The summed E-state index contributed by atoms with van der Waals surface area (Å²) < 4.78 is 75.4. The highest BCUT2D eigenvalue weighted by atomic mass is 32.2. The molecule has 4 rings (SSSR count). The summed E-state index contributed by atoms with van der Waals surface area (Å²) in [5, 5.41) is 15.5. The summed E-state index contributed by atoms with van der Waals surface area (Å²) >= 11 is 0. The fraction of sp³-hybridized carbons (Fsp3) is 0.0909. The number of aromatic amines is 1. The van der Waals surface area contributed by atoms with Crippen LogP contribution < -0.4 is 10.5 Å². The zero-order valence-electron chi connectivity index (χ0n) is 17.8. The van der Waals surface area contributed by atoms with Crippen molar-refractivity contribution in [3.63, 3.8) is 0 Å². The molecular weight excluding hydrogens is 487 g/mol. The number of nitriles is 1. The van der Waals surface area contributed by atoms with Crippen molar-refractivity contribution < 1.29 is 31.1 Å². The number of pyridine rings is 1. The first-order valence-corrected chi connectivity index (χ1v) is 11.3. The van der Waals surface area contributed by atoms with Crippen molar-refractivity contribution in [1.29, 1.82) is 5.26 Å². The van der Waals surface area contributed by atoms with Gasteiger partial charge in [-0.2, -0.15) is 10.4 Å². The highest BCUT2D eigenvalue weighted by Gasteiger charge is 2.27. The van der Waals surface area contributed by atoms with Crippen molar-refractivity contribution >= 4 is 26.6 Å². The summed E-state index contributed by atoms with van der Waals surface area (Å²) in [6.07, 6.45) is 0.760. The summed E-state index contributed by atoms with van der Waals surface area (Å²) in [4.78, 5) is 14.5. The number of ether oxygens (including phenoxy) is 1. The van der Waals surface area contributed by atoms with Crippen LogP contribution in [0.15, 0.2) is 41.4 Å². The summed E-state index contributed by atoms with van der Waals surface area (Å²) in [5.41, 5.74) is 3.14. The van der Waals surface area contributed by atoms with E-state index in [1.165, 1.54) is 6.07 Å². The first kappa shape index (κ1) is 23.7. The number of halogens is 3. The Morgan fingerprint density at radius 1 is 1.20 bits per heavy atom. The van der Waals surface area contributed by atoms with Crippen molar-refractivity contribution in [2.45, 2.75) is 10.6 Å². The molecule has 0 atom stereocenters. The molecule has 0 unspecified atom stereocenters. The molecule has 0 aliphatic heterocycles. The molecule has 0 spiro atoms. The lowest BCUT2D eigenvalue weighted by Gasteiger charge is -2.13. The topological polar surface area (TPSA) is 152 Å². The SMILES string of the molecule is COc1ncc(F)cc1S(=O)(=O)Cc1ccc(C#N)c(-c2ccc3c(C(N)=O)[nH]nc3c2F)c1F. The first-order chi connectivity index (χ1) is 16.6. The van der Waals surface area contributed by atoms with Crippen LogP contribution in [0.3, 0.4) is 0 Å². The lowest BCUT2D eigenvalue weighted by molar-refractivity contribution is 0.0997. The molecule has 13 heteroatoms. The van der Waals surface area contributed by atoms with Gasteiger partial charge in [0.1, 0.15) is 27.7 Å². The molecule has 3 N–H and O–H groups in total. The van der Waals surface area contributed by atoms with Crippen LogP contribution in [-0.2, 0) is 15.6 Å². The average molecular weight is 501 g/mol. The number of rotatable bonds is 6. The standard InChI is InChI=1S/C22H14F3N5O4S/c1-34-22-15(6-12(23)8-28-22)35(32,33)9-11-3-2-10(7-26)16(17(11)24)13-4-5-14-19(18(13)25)29-30-20(14)21(27)31/h2-6,8H,9H2,1H3,(H2,27,31)(H,29,30). The number of nitrogens with zero attached hydrogens (tertiary/aromatic N) is 3. The van der Waals surface area contributed by atoms with Gasteiger partial charge in [-0.1, -0.05) is 12.1 Å². The molecule has 178 valence electrons. The van der Waals surface area contributed by atoms with Crippen molar-refractivity contribution in [2.75, 3.05) is 7.11 Å². The number of methoxy groups -OCH3 is 1. The van der Waals surface area contributed by atoms with Gasteiger partial charge in [-0.25, -0.2) is 26.6 Å². The van der Waals surface area contributed by atoms with E-state index in [2.05, 4.69) is 15.2 Å². The summed E-state index contributed by atoms with van der Waals surface area (Å²) in [5.74, 6) is -5.43. The maximum absolute atomic E-state index is 15.6. The van der Waals surface area contributed by atoms with Crippen LogP contribution in [0.4, 0.5) is 13.2 Å². The van der Waals surface area contributed by atoms with Crippen LogP contribution in [0.1, 0.15) is 21.6 Å². The molecule has 2 heterocycles. The van der Waals surface area contributed by atoms with E-state index in [9.17, 15) is 22.9 Å². The molecule has 1 amide bonds. The van der Waals surface area contributed by atoms with E-state index in [0.717, 1.165) is 31.5 Å². The lowest BCUT2D eigenvalue weighted by atomic mass is 9.95. The van der Waals surface area contributed by atoms with Gasteiger partial charge in [0.2, 0.25) is 5.88 Å². The molecule has 4 aromatic rings. The number of nitrogens with one attached hydrogen (secondary N) is 1. The number of aromatic nitrogens is 3. The van der Waals surface area contributed by atoms with Gasteiger partial charge in [-0.05, 0) is 18.2 Å². The first-order valence-electron chi connectivity index (χ1n) is 9.69. The van der Waals surface area contributed by atoms with E-state index in [4.69, 9.17) is 10.5 Å². The van der Waals surface area contributed by atoms with Crippen LogP contribution in [0.2, 0.25) is 0 Å². The minimum Gasteiger partial charge on any atom is -0.480 e. The minimum absolute atomic E-state index is 0.0436. The second kappa shape index (κ2) is 8.73. The Labute approximate surface area is 195 Å². The Balaban J connectivity index is 1.87. The fourth-order valence-electron chi connectivity index (χ4n) is 3.58. The number of hydrogen-bond donors (Lipinski definition) is 2. The third-order valence-corrected chi connectivity index (χ3v) is 6.84. The number of primary amides is 1. The smallest absolute Gasteiger partial charge is 0.267 e. The lowest BCUT2D eigenvalue weighted by Crippen LogP contribution is -2.11. The number of fused-ring (bicyclic) bond motifs is 1. The zero-order chi connectivity index (χ0) is 25.5. The molecule has 0 saturated heterocycles. The number of benzene rings is 2. The molecule has 0 aliphatic rings. The number of H-pyrrole nitrogens is 1. The average Bonchev–Trinajstić information content (AvgIpc) is 3.26. The number of amides is 1. The van der Waals surface area contributed by atoms with Gasteiger partial charge in [0.25, 0.3) is 5.91 Å². The van der Waals surface area contributed by atoms with E-state index in [0.29, 0.717) is 6.07 Å². The predicted octanol–water partition coefficient (Wildman–Crippen LogP) is 3.00. The Morgan fingerprint density at radius 2 is 1.94 bits per heavy atom. The zero-order valence-corrected chi connectivity index (χ0v) is 18.6. The Morgan fingerprint density at radius 3 is 2.60 bits per heavy atom. The Bertz CT molecular complexity index is 1660. The molecule has 2 aromatic heterocycles. The quantitative estimate of drug-likeness (QED) is 0.412. The van der Waals surface area contributed by atoms with Crippen LogP contribution in [-0.4, -0.2) is 36.6 Å². The second-order valence-corrected chi connectivity index (χ2v) is 9.24. The number of sulfone groups is 1. The van der Waals surface area contributed by atoms with E-state index in [1.54, 1.807) is 6.07 Å². The van der Waals surface area contributed by atoms with Gasteiger partial charge in [0, 0.05) is 22.1 Å². The van der Waals surface area contributed by atoms with Crippen LogP contribution >= 0.6 is 0 Å². The number of carbonyl (C=O) groups excluding carboxylic acids is 1. The van der Waals surface area contributed by atoms with Crippen LogP contribution in [0, 0.1) is 28.8 Å². The maximum atomic E-state index is 15.6.